The zero-order chi connectivity index (χ0) is 11.7. The standard InChI is InChI=1S/C11H5Cl2F2N/c12-7-2-1-6(3-8(7)13)11-9(14)4-16-5-10(11)15/h1-5H. The summed E-state index contributed by atoms with van der Waals surface area (Å²) in [6.45, 7) is 0. The second kappa shape index (κ2) is 4.36. The largest absolute Gasteiger partial charge is 0.259 e. The number of hydrogen-bond donors (Lipinski definition) is 0. The summed E-state index contributed by atoms with van der Waals surface area (Å²) in [5.41, 5.74) is 0.167. The fourth-order valence-corrected chi connectivity index (χ4v) is 1.64. The predicted octanol–water partition coefficient (Wildman–Crippen LogP) is 4.33. The molecule has 0 atom stereocenters. The van der Waals surface area contributed by atoms with E-state index in [1.54, 1.807) is 0 Å². The summed E-state index contributed by atoms with van der Waals surface area (Å²) in [5.74, 6) is -1.48. The van der Waals surface area contributed by atoms with E-state index in [0.29, 0.717) is 10.6 Å². The van der Waals surface area contributed by atoms with Crippen molar-refractivity contribution in [3.8, 4) is 11.1 Å². The average Bonchev–Trinajstić information content (AvgIpc) is 2.23. The molecule has 1 nitrogen and oxygen atoms in total. The molecule has 0 aliphatic rings. The van der Waals surface area contributed by atoms with Gasteiger partial charge in [0.25, 0.3) is 0 Å². The Morgan fingerprint density at radius 1 is 0.938 bits per heavy atom. The molecule has 0 N–H and O–H groups in total. The van der Waals surface area contributed by atoms with Gasteiger partial charge in [-0.3, -0.25) is 4.98 Å². The van der Waals surface area contributed by atoms with Gasteiger partial charge in [-0.2, -0.15) is 0 Å². The van der Waals surface area contributed by atoms with Gasteiger partial charge in [-0.15, -0.1) is 0 Å². The van der Waals surface area contributed by atoms with E-state index in [-0.39, 0.29) is 10.6 Å². The van der Waals surface area contributed by atoms with Gasteiger partial charge in [0.2, 0.25) is 0 Å². The molecule has 1 aromatic heterocycles. The zero-order valence-corrected chi connectivity index (χ0v) is 9.36. The Morgan fingerprint density at radius 3 is 2.12 bits per heavy atom. The Balaban J connectivity index is 2.63. The van der Waals surface area contributed by atoms with Crippen LogP contribution in [0.2, 0.25) is 10.0 Å². The summed E-state index contributed by atoms with van der Waals surface area (Å²) >= 11 is 11.5. The number of rotatable bonds is 1. The van der Waals surface area contributed by atoms with E-state index in [4.69, 9.17) is 23.2 Å². The summed E-state index contributed by atoms with van der Waals surface area (Å²) in [6, 6.07) is 4.39. The molecular weight excluding hydrogens is 255 g/mol. The first kappa shape index (κ1) is 11.3. The minimum absolute atomic E-state index is 0.159. The number of pyridine rings is 1. The highest BCUT2D eigenvalue weighted by atomic mass is 35.5. The summed E-state index contributed by atoms with van der Waals surface area (Å²) in [5, 5.41) is 0.579. The Bertz CT molecular complexity index is 523. The van der Waals surface area contributed by atoms with Crippen molar-refractivity contribution < 1.29 is 8.78 Å². The van der Waals surface area contributed by atoms with Gasteiger partial charge < -0.3 is 0 Å². The fraction of sp³-hybridized carbons (Fsp3) is 0. The van der Waals surface area contributed by atoms with Crippen LogP contribution < -0.4 is 0 Å². The van der Waals surface area contributed by atoms with Crippen LogP contribution in [-0.2, 0) is 0 Å². The monoisotopic (exact) mass is 259 g/mol. The van der Waals surface area contributed by atoms with E-state index in [1.807, 2.05) is 0 Å². The first-order valence-corrected chi connectivity index (χ1v) is 5.09. The van der Waals surface area contributed by atoms with E-state index in [2.05, 4.69) is 4.98 Å². The van der Waals surface area contributed by atoms with Crippen LogP contribution in [0.4, 0.5) is 8.78 Å². The van der Waals surface area contributed by atoms with Crippen molar-refractivity contribution in [3.63, 3.8) is 0 Å². The van der Waals surface area contributed by atoms with Gasteiger partial charge in [0, 0.05) is 0 Å². The minimum atomic E-state index is -0.738. The molecule has 16 heavy (non-hydrogen) atoms. The Hall–Kier alpha value is -1.19. The molecule has 0 aliphatic carbocycles. The highest BCUT2D eigenvalue weighted by molar-refractivity contribution is 6.42. The number of aromatic nitrogens is 1. The number of nitrogens with zero attached hydrogens (tertiary/aromatic N) is 1. The van der Waals surface area contributed by atoms with Gasteiger partial charge in [-0.05, 0) is 17.7 Å². The van der Waals surface area contributed by atoms with Gasteiger partial charge >= 0.3 is 0 Å². The Labute approximate surface area is 101 Å². The number of benzene rings is 1. The SMILES string of the molecule is Fc1cncc(F)c1-c1ccc(Cl)c(Cl)c1. The predicted molar refractivity (Wildman–Crippen MR) is 59.6 cm³/mol. The van der Waals surface area contributed by atoms with E-state index in [1.165, 1.54) is 18.2 Å². The van der Waals surface area contributed by atoms with Crippen molar-refractivity contribution in [2.75, 3.05) is 0 Å². The van der Waals surface area contributed by atoms with Crippen LogP contribution in [0.5, 0.6) is 0 Å². The lowest BCUT2D eigenvalue weighted by Gasteiger charge is -2.05. The molecular formula is C11H5Cl2F2N. The van der Waals surface area contributed by atoms with E-state index < -0.39 is 11.6 Å². The first-order chi connectivity index (χ1) is 7.59. The van der Waals surface area contributed by atoms with Crippen molar-refractivity contribution in [1.82, 2.24) is 4.98 Å². The van der Waals surface area contributed by atoms with Crippen LogP contribution in [-0.4, -0.2) is 4.98 Å². The maximum atomic E-state index is 13.4. The van der Waals surface area contributed by atoms with E-state index in [0.717, 1.165) is 12.4 Å². The molecule has 0 aliphatic heterocycles. The second-order valence-electron chi connectivity index (χ2n) is 3.11. The second-order valence-corrected chi connectivity index (χ2v) is 3.92. The normalized spacial score (nSPS) is 10.5. The van der Waals surface area contributed by atoms with E-state index >= 15 is 0 Å². The first-order valence-electron chi connectivity index (χ1n) is 4.34. The Kier molecular flexibility index (Phi) is 3.08. The molecule has 0 bridgehead atoms. The molecule has 0 unspecified atom stereocenters. The maximum absolute atomic E-state index is 13.4. The summed E-state index contributed by atoms with van der Waals surface area (Å²) in [6.07, 6.45) is 1.89. The molecule has 5 heteroatoms. The molecule has 2 rings (SSSR count). The molecule has 2 aromatic rings. The molecule has 0 amide bonds. The highest BCUT2D eigenvalue weighted by Crippen LogP contribution is 2.30. The van der Waals surface area contributed by atoms with Crippen LogP contribution in [0.15, 0.2) is 30.6 Å². The summed E-state index contributed by atoms with van der Waals surface area (Å²) < 4.78 is 26.8. The quantitative estimate of drug-likeness (QED) is 0.743. The molecule has 1 aromatic carbocycles. The third-order valence-electron chi connectivity index (χ3n) is 2.06. The molecule has 0 saturated carbocycles. The molecule has 0 spiro atoms. The van der Waals surface area contributed by atoms with Crippen LogP contribution in [0, 0.1) is 11.6 Å². The molecule has 0 fully saturated rings. The molecule has 1 heterocycles. The molecule has 0 saturated heterocycles. The smallest absolute Gasteiger partial charge is 0.152 e. The lowest BCUT2D eigenvalue weighted by Crippen LogP contribution is -1.91. The van der Waals surface area contributed by atoms with Crippen molar-refractivity contribution in [3.05, 3.63) is 52.3 Å². The lowest BCUT2D eigenvalue weighted by molar-refractivity contribution is 0.579. The van der Waals surface area contributed by atoms with Crippen LogP contribution >= 0.6 is 23.2 Å². The minimum Gasteiger partial charge on any atom is -0.259 e. The van der Waals surface area contributed by atoms with Crippen LogP contribution in [0.3, 0.4) is 0 Å². The number of halogens is 4. The van der Waals surface area contributed by atoms with Gasteiger partial charge in [0.05, 0.1) is 28.0 Å². The highest BCUT2D eigenvalue weighted by Gasteiger charge is 2.12. The zero-order valence-electron chi connectivity index (χ0n) is 7.85. The van der Waals surface area contributed by atoms with Gasteiger partial charge in [-0.1, -0.05) is 29.3 Å². The topological polar surface area (TPSA) is 12.9 Å². The van der Waals surface area contributed by atoms with Crippen molar-refractivity contribution in [1.29, 1.82) is 0 Å². The van der Waals surface area contributed by atoms with Gasteiger partial charge in [0.1, 0.15) is 0 Å². The third-order valence-corrected chi connectivity index (χ3v) is 2.80. The summed E-state index contributed by atoms with van der Waals surface area (Å²) in [4.78, 5) is 3.40. The van der Waals surface area contributed by atoms with Gasteiger partial charge in [-0.25, -0.2) is 8.78 Å². The van der Waals surface area contributed by atoms with Crippen molar-refractivity contribution in [2.24, 2.45) is 0 Å². The van der Waals surface area contributed by atoms with E-state index in [9.17, 15) is 8.78 Å². The van der Waals surface area contributed by atoms with Crippen molar-refractivity contribution in [2.45, 2.75) is 0 Å². The van der Waals surface area contributed by atoms with Crippen molar-refractivity contribution >= 4 is 23.2 Å². The lowest BCUT2D eigenvalue weighted by atomic mass is 10.1. The molecule has 0 radical (unpaired) electrons. The van der Waals surface area contributed by atoms with Gasteiger partial charge in [0.15, 0.2) is 11.6 Å². The van der Waals surface area contributed by atoms with Crippen LogP contribution in [0.1, 0.15) is 0 Å². The Morgan fingerprint density at radius 2 is 1.56 bits per heavy atom. The fourth-order valence-electron chi connectivity index (χ4n) is 1.34. The third kappa shape index (κ3) is 2.01. The average molecular weight is 260 g/mol. The maximum Gasteiger partial charge on any atom is 0.152 e. The number of hydrogen-bond acceptors (Lipinski definition) is 1. The summed E-state index contributed by atoms with van der Waals surface area (Å²) in [7, 11) is 0. The van der Waals surface area contributed by atoms with Crippen LogP contribution in [0.25, 0.3) is 11.1 Å². The molecule has 82 valence electrons.